The van der Waals surface area contributed by atoms with Gasteiger partial charge >= 0.3 is 51.4 Å². The molecule has 0 fully saturated rings. The summed E-state index contributed by atoms with van der Waals surface area (Å²) in [7, 11) is 0. The quantitative estimate of drug-likeness (QED) is 0.404. The summed E-state index contributed by atoms with van der Waals surface area (Å²) in [6.45, 7) is 0. The summed E-state index contributed by atoms with van der Waals surface area (Å²) < 4.78 is 0. The smallest absolute Gasteiger partial charge is 0 e. The van der Waals surface area contributed by atoms with E-state index in [4.69, 9.17) is 10.4 Å². The fraction of sp³-hybridized carbons (Fsp3) is 0. The molecule has 0 amide bonds. The Morgan fingerprint density at radius 3 is 1.50 bits per heavy atom. The molecule has 0 saturated carbocycles. The van der Waals surface area contributed by atoms with Crippen molar-refractivity contribution in [1.82, 2.24) is 0 Å². The van der Waals surface area contributed by atoms with E-state index in [0.29, 0.717) is 0 Å². The average molecular weight is 194 g/mol. The number of hydrogen-bond donors (Lipinski definition) is 1. The van der Waals surface area contributed by atoms with Gasteiger partial charge in [0.1, 0.15) is 0 Å². The van der Waals surface area contributed by atoms with Crippen molar-refractivity contribution in [2.24, 2.45) is 0 Å². The van der Waals surface area contributed by atoms with E-state index in [1.807, 2.05) is 0 Å². The van der Waals surface area contributed by atoms with Gasteiger partial charge in [0.15, 0.2) is 0 Å². The maximum atomic E-state index is 6.88. The predicted molar refractivity (Wildman–Crippen MR) is 14.7 cm³/mol. The zero-order valence-electron chi connectivity index (χ0n) is 2.13. The second-order valence-electron chi connectivity index (χ2n) is 0.100. The molecule has 0 atom stereocenters. The Labute approximate surface area is 100 Å². The van der Waals surface area contributed by atoms with Crippen LogP contribution in [0.5, 0.6) is 0 Å². The van der Waals surface area contributed by atoms with Gasteiger partial charge in [0.25, 0.3) is 6.26 Å². The van der Waals surface area contributed by atoms with E-state index in [1.54, 1.807) is 0 Å². The Balaban J connectivity index is -0.00000000667. The van der Waals surface area contributed by atoms with E-state index >= 15 is 0 Å². The van der Waals surface area contributed by atoms with Crippen molar-refractivity contribution in [3.8, 4) is 6.26 Å². The molecule has 0 aliphatic rings. The van der Waals surface area contributed by atoms with Crippen LogP contribution in [0.4, 0.5) is 0 Å². The Kier molecular flexibility index (Phi) is 115. The monoisotopic (exact) mass is 194 g/mol. The molecule has 0 saturated heterocycles. The molecule has 0 rings (SSSR count). The Morgan fingerprint density at radius 2 is 1.50 bits per heavy atom. The standard InChI is InChI=1S/CHNO.Fe.K.Mn.H/c2-1-3;;;;/h3H;;;;. The van der Waals surface area contributed by atoms with E-state index in [9.17, 15) is 0 Å². The van der Waals surface area contributed by atoms with Crippen LogP contribution in [0.2, 0.25) is 0 Å². The van der Waals surface area contributed by atoms with E-state index in [2.05, 4.69) is 0 Å². The summed E-state index contributed by atoms with van der Waals surface area (Å²) in [5.41, 5.74) is 0. The van der Waals surface area contributed by atoms with Crippen molar-refractivity contribution >= 4 is 51.4 Å². The number of aliphatic hydroxyl groups excluding tert-OH is 1. The molecule has 0 unspecified atom stereocenters. The first-order chi connectivity index (χ1) is 1.41. The third-order valence-corrected chi connectivity index (χ3v) is 0. The molecule has 0 spiro atoms. The second-order valence-corrected chi connectivity index (χ2v) is 0.100. The number of rotatable bonds is 0. The molecular weight excluding hydrogens is 192 g/mol. The van der Waals surface area contributed by atoms with Gasteiger partial charge in [0.05, 0.1) is 0 Å². The summed E-state index contributed by atoms with van der Waals surface area (Å²) >= 11 is 0. The molecule has 0 aliphatic carbocycles. The van der Waals surface area contributed by atoms with Gasteiger partial charge in [-0.1, -0.05) is 0 Å². The van der Waals surface area contributed by atoms with Crippen LogP contribution < -0.4 is 0 Å². The Bertz CT molecular complexity index is 37.0. The molecule has 1 N–H and O–H groups in total. The van der Waals surface area contributed by atoms with Gasteiger partial charge in [-0.25, -0.2) is 0 Å². The van der Waals surface area contributed by atoms with Crippen LogP contribution in [-0.2, 0) is 34.1 Å². The predicted octanol–water partition coefficient (Wildman–Crippen LogP) is -0.814. The summed E-state index contributed by atoms with van der Waals surface area (Å²) in [5.74, 6) is 0. The van der Waals surface area contributed by atoms with Gasteiger partial charge in [0.2, 0.25) is 0 Å². The molecule has 0 bridgehead atoms. The molecule has 0 heterocycles. The first kappa shape index (κ1) is 24.6. The summed E-state index contributed by atoms with van der Waals surface area (Å²) in [4.78, 5) is 0. The summed E-state index contributed by atoms with van der Waals surface area (Å²) in [6, 6.07) is 0. The molecule has 0 aliphatic heterocycles. The van der Waals surface area contributed by atoms with Crippen molar-refractivity contribution in [2.75, 3.05) is 0 Å². The molecule has 0 aromatic heterocycles. The van der Waals surface area contributed by atoms with Gasteiger partial charge in [-0.05, 0) is 0 Å². The van der Waals surface area contributed by atoms with E-state index in [-0.39, 0.29) is 85.5 Å². The van der Waals surface area contributed by atoms with Crippen LogP contribution in [0.15, 0.2) is 0 Å². The molecule has 0 aromatic carbocycles. The number of aliphatic hydroxyl groups is 1. The SMILES string of the molecule is N#CO.[Fe].[KH].[Mn]. The molecule has 5 heteroatoms. The van der Waals surface area contributed by atoms with Crippen molar-refractivity contribution in [3.05, 3.63) is 0 Å². The first-order valence-electron chi connectivity index (χ1n) is 0.447. The molecule has 0 aromatic rings. The molecular formula is CH2FeKMnNO. The Hall–Kier alpha value is 1.97. The van der Waals surface area contributed by atoms with Crippen LogP contribution in [0.25, 0.3) is 0 Å². The number of nitriles is 1. The van der Waals surface area contributed by atoms with Crippen LogP contribution in [0.1, 0.15) is 0 Å². The van der Waals surface area contributed by atoms with Gasteiger partial charge in [-0.15, -0.1) is 0 Å². The third kappa shape index (κ3) is 38.1. The van der Waals surface area contributed by atoms with E-state index in [0.717, 1.165) is 6.26 Å². The third-order valence-electron chi connectivity index (χ3n) is 0. The summed E-state index contributed by atoms with van der Waals surface area (Å²) in [5, 5.41) is 13.8. The zero-order chi connectivity index (χ0) is 2.71. The minimum atomic E-state index is 0. The fourth-order valence-electron chi connectivity index (χ4n) is 0. The van der Waals surface area contributed by atoms with Crippen LogP contribution in [-0.4, -0.2) is 56.5 Å². The average Bonchev–Trinajstić information content (AvgIpc) is 0.918. The van der Waals surface area contributed by atoms with Crippen molar-refractivity contribution in [3.63, 3.8) is 0 Å². The van der Waals surface area contributed by atoms with Crippen LogP contribution in [0.3, 0.4) is 0 Å². The Morgan fingerprint density at radius 1 is 1.50 bits per heavy atom. The number of hydrogen-bond acceptors (Lipinski definition) is 2. The number of nitrogens with zero attached hydrogens (tertiary/aromatic N) is 1. The van der Waals surface area contributed by atoms with Crippen molar-refractivity contribution in [1.29, 1.82) is 5.26 Å². The molecule has 2 nitrogen and oxygen atoms in total. The second kappa shape index (κ2) is 28.2. The zero-order valence-corrected chi connectivity index (χ0v) is 4.41. The maximum absolute atomic E-state index is 6.88. The van der Waals surface area contributed by atoms with Crippen molar-refractivity contribution < 1.29 is 39.2 Å². The molecule has 6 heavy (non-hydrogen) atoms. The molecule has 1 radical (unpaired) electrons. The van der Waals surface area contributed by atoms with Gasteiger partial charge in [-0.3, -0.25) is 0 Å². The topological polar surface area (TPSA) is 44.0 Å². The first-order valence-corrected chi connectivity index (χ1v) is 0.447. The van der Waals surface area contributed by atoms with Gasteiger partial charge < -0.3 is 5.11 Å². The van der Waals surface area contributed by atoms with E-state index < -0.39 is 0 Å². The summed E-state index contributed by atoms with van der Waals surface area (Å²) in [6.07, 6.45) is 0.750. The normalized spacial score (nSPS) is 1.17. The van der Waals surface area contributed by atoms with Gasteiger partial charge in [-0.2, -0.15) is 5.26 Å². The largest absolute Gasteiger partial charge is 0 e. The van der Waals surface area contributed by atoms with E-state index in [1.165, 1.54) is 0 Å². The van der Waals surface area contributed by atoms with Crippen LogP contribution in [0, 0.1) is 11.5 Å². The molecule has 33 valence electrons. The van der Waals surface area contributed by atoms with Crippen LogP contribution >= 0.6 is 0 Å². The minimum Gasteiger partial charge on any atom is 0 e. The minimum absolute atomic E-state index is 0. The fourth-order valence-corrected chi connectivity index (χ4v) is 0. The van der Waals surface area contributed by atoms with Gasteiger partial charge in [0, 0.05) is 34.1 Å². The van der Waals surface area contributed by atoms with Crippen molar-refractivity contribution in [2.45, 2.75) is 0 Å². The maximum Gasteiger partial charge on any atom is 0 e.